The van der Waals surface area contributed by atoms with E-state index in [1.807, 2.05) is 0 Å². The van der Waals surface area contributed by atoms with Crippen molar-refractivity contribution < 1.29 is 27.2 Å². The summed E-state index contributed by atoms with van der Waals surface area (Å²) in [6, 6.07) is 8.20. The molecule has 0 atom stereocenters. The fraction of sp³-hybridized carbons (Fsp3) is 0.200. The lowest BCUT2D eigenvalue weighted by Crippen LogP contribution is -2.40. The molecule has 3 rings (SSSR count). The molecule has 0 saturated heterocycles. The smallest absolute Gasteiger partial charge is 0.331 e. The summed E-state index contributed by atoms with van der Waals surface area (Å²) in [6.07, 6.45) is -2.23. The lowest BCUT2D eigenvalue weighted by atomic mass is 10.1. The van der Waals surface area contributed by atoms with Gasteiger partial charge in [0.1, 0.15) is 11.3 Å². The maximum Gasteiger partial charge on any atom is 0.471 e. The molecule has 0 unspecified atom stereocenters. The van der Waals surface area contributed by atoms with Gasteiger partial charge in [-0.05, 0) is 30.7 Å². The van der Waals surface area contributed by atoms with Crippen molar-refractivity contribution in [2.45, 2.75) is 19.6 Å². The number of anilines is 1. The highest BCUT2D eigenvalue weighted by molar-refractivity contribution is 6.11. The summed E-state index contributed by atoms with van der Waals surface area (Å²) in [6.45, 7) is 1.02. The Morgan fingerprint density at radius 2 is 1.83 bits per heavy atom. The molecule has 3 aromatic rings. The summed E-state index contributed by atoms with van der Waals surface area (Å²) in [5, 5.41) is 2.57. The van der Waals surface area contributed by atoms with Crippen LogP contribution in [0.5, 0.6) is 0 Å². The number of benzene rings is 2. The first-order chi connectivity index (χ1) is 14.2. The highest BCUT2D eigenvalue weighted by Crippen LogP contribution is 2.22. The Hall–Kier alpha value is -3.56. The summed E-state index contributed by atoms with van der Waals surface area (Å²) in [7, 11) is 0. The Labute approximate surface area is 168 Å². The second kappa shape index (κ2) is 8.44. The fourth-order valence-corrected chi connectivity index (χ4v) is 2.89. The molecule has 30 heavy (non-hydrogen) atoms. The van der Waals surface area contributed by atoms with Gasteiger partial charge in [-0.15, -0.1) is 0 Å². The molecule has 0 spiro atoms. The van der Waals surface area contributed by atoms with Gasteiger partial charge in [-0.2, -0.15) is 13.2 Å². The summed E-state index contributed by atoms with van der Waals surface area (Å²) in [5.74, 6) is -3.26. The topological polar surface area (TPSA) is 75.2 Å². The number of nitrogens with one attached hydrogen (secondary N) is 1. The number of alkyl halides is 3. The molecule has 0 fully saturated rings. The number of halogens is 4. The van der Waals surface area contributed by atoms with Crippen molar-refractivity contribution in [3.05, 3.63) is 65.7 Å². The number of rotatable bonds is 5. The second-order valence-electron chi connectivity index (χ2n) is 6.35. The summed E-state index contributed by atoms with van der Waals surface area (Å²) in [5.41, 5.74) is 1.04. The molecule has 0 aliphatic rings. The van der Waals surface area contributed by atoms with Crippen LogP contribution in [0.25, 0.3) is 11.0 Å². The molecule has 0 bridgehead atoms. The van der Waals surface area contributed by atoms with Crippen molar-refractivity contribution in [1.29, 1.82) is 0 Å². The molecule has 2 amide bonds. The van der Waals surface area contributed by atoms with Crippen LogP contribution in [0.2, 0.25) is 0 Å². The zero-order chi connectivity index (χ0) is 21.9. The van der Waals surface area contributed by atoms with Crippen molar-refractivity contribution in [1.82, 2.24) is 14.9 Å². The van der Waals surface area contributed by atoms with E-state index in [9.17, 15) is 27.2 Å². The molecule has 1 heterocycles. The van der Waals surface area contributed by atoms with Crippen LogP contribution in [-0.4, -0.2) is 39.4 Å². The first-order valence-electron chi connectivity index (χ1n) is 8.85. The highest BCUT2D eigenvalue weighted by atomic mass is 19.4. The van der Waals surface area contributed by atoms with Gasteiger partial charge in [0.2, 0.25) is 0 Å². The van der Waals surface area contributed by atoms with E-state index in [0.717, 1.165) is 12.1 Å². The Balaban J connectivity index is 1.82. The third kappa shape index (κ3) is 4.70. The van der Waals surface area contributed by atoms with Gasteiger partial charge in [-0.3, -0.25) is 19.6 Å². The second-order valence-corrected chi connectivity index (χ2v) is 6.35. The van der Waals surface area contributed by atoms with Crippen LogP contribution in [0.15, 0.2) is 48.8 Å². The largest absolute Gasteiger partial charge is 0.471 e. The van der Waals surface area contributed by atoms with Crippen LogP contribution < -0.4 is 5.32 Å². The Kier molecular flexibility index (Phi) is 5.95. The van der Waals surface area contributed by atoms with E-state index in [2.05, 4.69) is 15.3 Å². The number of amides is 2. The molecule has 156 valence electrons. The minimum atomic E-state index is -4.97. The van der Waals surface area contributed by atoms with Crippen LogP contribution in [-0.2, 0) is 11.3 Å². The minimum absolute atomic E-state index is 0.0362. The van der Waals surface area contributed by atoms with Gasteiger partial charge >= 0.3 is 12.1 Å². The van der Waals surface area contributed by atoms with Crippen LogP contribution >= 0.6 is 0 Å². The van der Waals surface area contributed by atoms with Crippen molar-refractivity contribution in [3.63, 3.8) is 0 Å². The number of aromatic nitrogens is 2. The molecule has 6 nitrogen and oxygen atoms in total. The van der Waals surface area contributed by atoms with E-state index in [0.29, 0.717) is 10.5 Å². The average molecular weight is 420 g/mol. The van der Waals surface area contributed by atoms with Gasteiger partial charge in [0, 0.05) is 37.2 Å². The molecule has 1 aromatic heterocycles. The number of carbonyl (C=O) groups excluding carboxylic acids is 2. The zero-order valence-corrected chi connectivity index (χ0v) is 15.7. The third-order valence-electron chi connectivity index (χ3n) is 4.25. The summed E-state index contributed by atoms with van der Waals surface area (Å²) in [4.78, 5) is 32.8. The Morgan fingerprint density at radius 3 is 2.53 bits per heavy atom. The quantitative estimate of drug-likeness (QED) is 0.635. The van der Waals surface area contributed by atoms with Crippen LogP contribution in [0.4, 0.5) is 23.2 Å². The first-order valence-corrected chi connectivity index (χ1v) is 8.85. The lowest BCUT2D eigenvalue weighted by Gasteiger charge is -2.22. The van der Waals surface area contributed by atoms with E-state index in [-0.39, 0.29) is 35.4 Å². The molecule has 0 saturated carbocycles. The summed E-state index contributed by atoms with van der Waals surface area (Å²) >= 11 is 0. The molecule has 10 heteroatoms. The van der Waals surface area contributed by atoms with Crippen LogP contribution in [0.3, 0.4) is 0 Å². The third-order valence-corrected chi connectivity index (χ3v) is 4.25. The van der Waals surface area contributed by atoms with Gasteiger partial charge in [-0.25, -0.2) is 4.39 Å². The minimum Gasteiger partial charge on any atom is -0.331 e. The van der Waals surface area contributed by atoms with Crippen LogP contribution in [0, 0.1) is 5.82 Å². The van der Waals surface area contributed by atoms with Crippen molar-refractivity contribution in [2.75, 3.05) is 11.9 Å². The molecule has 0 aliphatic carbocycles. The summed E-state index contributed by atoms with van der Waals surface area (Å²) < 4.78 is 51.9. The van der Waals surface area contributed by atoms with E-state index >= 15 is 0 Å². The maximum absolute atomic E-state index is 13.8. The number of hydrogen-bond donors (Lipinski definition) is 1. The van der Waals surface area contributed by atoms with Gasteiger partial charge < -0.3 is 10.2 Å². The highest BCUT2D eigenvalue weighted by Gasteiger charge is 2.41. The molecular weight excluding hydrogens is 404 g/mol. The van der Waals surface area contributed by atoms with Gasteiger partial charge in [-0.1, -0.05) is 12.1 Å². The predicted molar refractivity (Wildman–Crippen MR) is 101 cm³/mol. The maximum atomic E-state index is 13.8. The fourth-order valence-electron chi connectivity index (χ4n) is 2.89. The average Bonchev–Trinajstić information content (AvgIpc) is 2.70. The van der Waals surface area contributed by atoms with Gasteiger partial charge in [0.05, 0.1) is 11.1 Å². The SMILES string of the molecule is CCN(Cc1cccc(NC(=O)c2cc(F)cc3nccnc23)c1)C(=O)C(F)(F)F. The van der Waals surface area contributed by atoms with Crippen molar-refractivity contribution >= 4 is 28.5 Å². The zero-order valence-electron chi connectivity index (χ0n) is 15.7. The van der Waals surface area contributed by atoms with E-state index in [1.54, 1.807) is 0 Å². The molecule has 2 aromatic carbocycles. The van der Waals surface area contributed by atoms with Crippen LogP contribution in [0.1, 0.15) is 22.8 Å². The number of hydrogen-bond acceptors (Lipinski definition) is 4. The number of nitrogens with zero attached hydrogens (tertiary/aromatic N) is 3. The number of fused-ring (bicyclic) bond motifs is 1. The Bertz CT molecular complexity index is 1100. The van der Waals surface area contributed by atoms with Gasteiger partial charge in [0.15, 0.2) is 0 Å². The number of carbonyl (C=O) groups is 2. The first kappa shape index (κ1) is 21.2. The van der Waals surface area contributed by atoms with Crippen molar-refractivity contribution in [2.24, 2.45) is 0 Å². The van der Waals surface area contributed by atoms with Gasteiger partial charge in [0.25, 0.3) is 5.91 Å². The van der Waals surface area contributed by atoms with E-state index < -0.39 is 23.8 Å². The molecule has 0 radical (unpaired) electrons. The standard InChI is InChI=1S/C20H16F4N4O2/c1-2-28(19(30)20(22,23)24)11-12-4-3-5-14(8-12)27-18(29)15-9-13(21)10-16-17(15)26-7-6-25-16/h3-10H,2,11H2,1H3,(H,27,29). The normalized spacial score (nSPS) is 11.4. The van der Waals surface area contributed by atoms with E-state index in [1.165, 1.54) is 43.6 Å². The molecule has 1 N–H and O–H groups in total. The molecule has 0 aliphatic heterocycles. The monoisotopic (exact) mass is 420 g/mol. The predicted octanol–water partition coefficient (Wildman–Crippen LogP) is 3.93. The van der Waals surface area contributed by atoms with Crippen molar-refractivity contribution in [3.8, 4) is 0 Å². The Morgan fingerprint density at radius 1 is 1.10 bits per heavy atom. The van der Waals surface area contributed by atoms with E-state index in [4.69, 9.17) is 0 Å². The lowest BCUT2D eigenvalue weighted by molar-refractivity contribution is -0.185. The molecular formula is C20H16F4N4O2.